The highest BCUT2D eigenvalue weighted by molar-refractivity contribution is 9.10. The third-order valence-corrected chi connectivity index (χ3v) is 8.79. The molecule has 0 saturated heterocycles. The summed E-state index contributed by atoms with van der Waals surface area (Å²) in [5.41, 5.74) is 12.4. The van der Waals surface area contributed by atoms with E-state index in [4.69, 9.17) is 0 Å². The van der Waals surface area contributed by atoms with Crippen molar-refractivity contribution in [3.05, 3.63) is 118 Å². The third kappa shape index (κ3) is 3.07. The smallest absolute Gasteiger partial charge is 0.0544 e. The van der Waals surface area contributed by atoms with E-state index < -0.39 is 0 Å². The Labute approximate surface area is 220 Å². The highest BCUT2D eigenvalue weighted by Crippen LogP contribution is 2.54. The van der Waals surface area contributed by atoms with Crippen molar-refractivity contribution in [1.29, 1.82) is 0 Å². The monoisotopic (exact) mass is 529 g/mol. The van der Waals surface area contributed by atoms with Gasteiger partial charge in [0.15, 0.2) is 0 Å². The number of allylic oxidation sites excluding steroid dienone is 4. The zero-order valence-electron chi connectivity index (χ0n) is 20.8. The number of para-hydroxylation sites is 1. The molecule has 0 radical (unpaired) electrons. The number of hydrogen-bond donors (Lipinski definition) is 0. The van der Waals surface area contributed by atoms with E-state index in [1.54, 1.807) is 5.57 Å². The molecule has 0 amide bonds. The van der Waals surface area contributed by atoms with Crippen molar-refractivity contribution in [3.63, 3.8) is 0 Å². The molecule has 2 aliphatic rings. The maximum Gasteiger partial charge on any atom is 0.0544 e. The second kappa shape index (κ2) is 7.82. The average molecular weight is 531 g/mol. The van der Waals surface area contributed by atoms with Crippen molar-refractivity contribution < 1.29 is 0 Å². The van der Waals surface area contributed by atoms with Gasteiger partial charge in [-0.3, -0.25) is 0 Å². The van der Waals surface area contributed by atoms with Crippen LogP contribution in [0, 0.1) is 5.92 Å². The largest absolute Gasteiger partial charge is 0.313 e. The zero-order chi connectivity index (χ0) is 24.6. The summed E-state index contributed by atoms with van der Waals surface area (Å²) in [6.07, 6.45) is 3.52. The number of rotatable bonds is 2. The van der Waals surface area contributed by atoms with E-state index >= 15 is 0 Å². The first kappa shape index (κ1) is 21.9. The summed E-state index contributed by atoms with van der Waals surface area (Å²) in [6, 6.07) is 33.4. The SMILES string of the molecule is CC1CC(n2c3ccccc3c3ccc(-c4cccc(Br)c4)cc32)=CC2=C1C(C)(C)c1ccccc12. The lowest BCUT2D eigenvalue weighted by atomic mass is 9.73. The normalized spacial score (nSPS) is 18.4. The molecule has 2 heteroatoms. The van der Waals surface area contributed by atoms with Crippen LogP contribution in [0.3, 0.4) is 0 Å². The quantitative estimate of drug-likeness (QED) is 0.214. The predicted octanol–water partition coefficient (Wildman–Crippen LogP) is 9.85. The molecular formula is C34H28BrN. The van der Waals surface area contributed by atoms with Crippen molar-refractivity contribution in [2.24, 2.45) is 5.92 Å². The number of halogens is 1. The zero-order valence-corrected chi connectivity index (χ0v) is 22.4. The van der Waals surface area contributed by atoms with Crippen LogP contribution in [0.1, 0.15) is 38.3 Å². The molecule has 1 unspecified atom stereocenters. The standard InChI is InChI=1S/C34H28BrN/c1-21-17-25(20-29-26-11-4-6-13-30(26)34(2,3)33(21)29)36-31-14-7-5-12-27(31)28-16-15-23(19-32(28)36)22-9-8-10-24(35)18-22/h4-16,18-21H,17H2,1-3H3. The Bertz CT molecular complexity index is 1760. The van der Waals surface area contributed by atoms with Gasteiger partial charge >= 0.3 is 0 Å². The van der Waals surface area contributed by atoms with Gasteiger partial charge in [-0.15, -0.1) is 0 Å². The lowest BCUT2D eigenvalue weighted by Crippen LogP contribution is -2.23. The van der Waals surface area contributed by atoms with Crippen LogP contribution in [0.25, 0.3) is 44.2 Å². The number of fused-ring (bicyclic) bond motifs is 5. The summed E-state index contributed by atoms with van der Waals surface area (Å²) < 4.78 is 3.63. The molecule has 0 fully saturated rings. The molecule has 36 heavy (non-hydrogen) atoms. The van der Waals surface area contributed by atoms with Gasteiger partial charge < -0.3 is 4.57 Å². The molecular weight excluding hydrogens is 502 g/mol. The van der Waals surface area contributed by atoms with Crippen LogP contribution in [0.4, 0.5) is 0 Å². The van der Waals surface area contributed by atoms with Gasteiger partial charge in [0.25, 0.3) is 0 Å². The Morgan fingerprint density at radius 1 is 0.778 bits per heavy atom. The number of aromatic nitrogens is 1. The van der Waals surface area contributed by atoms with Crippen molar-refractivity contribution in [1.82, 2.24) is 4.57 Å². The molecule has 0 spiro atoms. The fourth-order valence-electron chi connectivity index (χ4n) is 6.85. The van der Waals surface area contributed by atoms with Crippen molar-refractivity contribution >= 4 is 49.0 Å². The van der Waals surface area contributed by atoms with Gasteiger partial charge in [-0.25, -0.2) is 0 Å². The minimum atomic E-state index is 0.0715. The highest BCUT2D eigenvalue weighted by atomic mass is 79.9. The molecule has 1 aromatic heterocycles. The Morgan fingerprint density at radius 2 is 1.53 bits per heavy atom. The van der Waals surface area contributed by atoms with Crippen LogP contribution >= 0.6 is 15.9 Å². The minimum absolute atomic E-state index is 0.0715. The van der Waals surface area contributed by atoms with Crippen LogP contribution in [0.15, 0.2) is 107 Å². The summed E-state index contributed by atoms with van der Waals surface area (Å²) >= 11 is 3.65. The Hall–Kier alpha value is -3.36. The van der Waals surface area contributed by atoms with Crippen LogP contribution < -0.4 is 0 Å². The molecule has 0 N–H and O–H groups in total. The number of hydrogen-bond acceptors (Lipinski definition) is 0. The Kier molecular flexibility index (Phi) is 4.75. The molecule has 176 valence electrons. The van der Waals surface area contributed by atoms with Gasteiger partial charge in [0.05, 0.1) is 11.0 Å². The van der Waals surface area contributed by atoms with Gasteiger partial charge in [-0.1, -0.05) is 103 Å². The number of benzene rings is 4. The van der Waals surface area contributed by atoms with Gasteiger partial charge in [0.1, 0.15) is 0 Å². The lowest BCUT2D eigenvalue weighted by Gasteiger charge is -2.32. The van der Waals surface area contributed by atoms with Crippen molar-refractivity contribution in [3.8, 4) is 11.1 Å². The highest BCUT2D eigenvalue weighted by Gasteiger charge is 2.41. The van der Waals surface area contributed by atoms with Crippen LogP contribution in [-0.2, 0) is 5.41 Å². The van der Waals surface area contributed by atoms with Gasteiger partial charge in [-0.05, 0) is 76.1 Å². The molecule has 2 aliphatic carbocycles. The molecule has 0 saturated carbocycles. The molecule has 0 bridgehead atoms. The summed E-state index contributed by atoms with van der Waals surface area (Å²) in [5.74, 6) is 0.479. The van der Waals surface area contributed by atoms with E-state index in [9.17, 15) is 0 Å². The fourth-order valence-corrected chi connectivity index (χ4v) is 7.25. The van der Waals surface area contributed by atoms with Crippen molar-refractivity contribution in [2.45, 2.75) is 32.6 Å². The third-order valence-electron chi connectivity index (χ3n) is 8.29. The molecule has 0 aliphatic heterocycles. The maximum atomic E-state index is 3.65. The molecule has 1 nitrogen and oxygen atoms in total. The summed E-state index contributed by atoms with van der Waals surface area (Å²) in [6.45, 7) is 7.21. The van der Waals surface area contributed by atoms with E-state index in [0.717, 1.165) is 10.9 Å². The first-order chi connectivity index (χ1) is 17.4. The van der Waals surface area contributed by atoms with E-state index in [1.165, 1.54) is 55.3 Å². The summed E-state index contributed by atoms with van der Waals surface area (Å²) in [4.78, 5) is 0. The van der Waals surface area contributed by atoms with Crippen LogP contribution in [0.2, 0.25) is 0 Å². The fraction of sp³-hybridized carbons (Fsp3) is 0.176. The average Bonchev–Trinajstić information content (AvgIpc) is 3.33. The van der Waals surface area contributed by atoms with Gasteiger partial charge in [0.2, 0.25) is 0 Å². The van der Waals surface area contributed by atoms with Gasteiger partial charge in [0, 0.05) is 26.4 Å². The second-order valence-corrected chi connectivity index (χ2v) is 11.7. The number of nitrogens with zero attached hydrogens (tertiary/aromatic N) is 1. The summed E-state index contributed by atoms with van der Waals surface area (Å²) in [5, 5.41) is 2.62. The molecule has 1 heterocycles. The van der Waals surface area contributed by atoms with E-state index in [1.807, 2.05) is 0 Å². The van der Waals surface area contributed by atoms with Crippen LogP contribution in [-0.4, -0.2) is 4.57 Å². The minimum Gasteiger partial charge on any atom is -0.313 e. The predicted molar refractivity (Wildman–Crippen MR) is 157 cm³/mol. The molecule has 1 atom stereocenters. The van der Waals surface area contributed by atoms with Crippen LogP contribution in [0.5, 0.6) is 0 Å². The first-order valence-corrected chi connectivity index (χ1v) is 13.6. The summed E-state index contributed by atoms with van der Waals surface area (Å²) in [7, 11) is 0. The Balaban J connectivity index is 1.50. The maximum absolute atomic E-state index is 3.65. The lowest BCUT2D eigenvalue weighted by molar-refractivity contribution is 0.531. The molecule has 5 aromatic rings. The Morgan fingerprint density at radius 3 is 2.39 bits per heavy atom. The first-order valence-electron chi connectivity index (χ1n) is 12.8. The van der Waals surface area contributed by atoms with Crippen molar-refractivity contribution in [2.75, 3.05) is 0 Å². The molecule has 7 rings (SSSR count). The van der Waals surface area contributed by atoms with Gasteiger partial charge in [-0.2, -0.15) is 0 Å². The second-order valence-electron chi connectivity index (χ2n) is 10.8. The van der Waals surface area contributed by atoms with E-state index in [-0.39, 0.29) is 5.41 Å². The van der Waals surface area contributed by atoms with E-state index in [2.05, 4.69) is 138 Å². The molecule has 4 aromatic carbocycles. The van der Waals surface area contributed by atoms with E-state index in [0.29, 0.717) is 5.92 Å². The topological polar surface area (TPSA) is 4.93 Å².